The van der Waals surface area contributed by atoms with Gasteiger partial charge < -0.3 is 41.2 Å². The smallest absolute Gasteiger partial charge is 0.251 e. The molecule has 2 amide bonds. The number of aromatic hydroxyl groups is 1. The molecular weight excluding hydrogens is 634 g/mol. The maximum atomic E-state index is 12.6. The molecule has 0 aliphatic rings. The molecule has 0 unspecified atom stereocenters. The molecule has 4 aromatic rings. The fourth-order valence-electron chi connectivity index (χ4n) is 4.59. The molecule has 0 saturated carbocycles. The number of ether oxygens (including phenoxy) is 2. The third-order valence-electron chi connectivity index (χ3n) is 7.16. The number of phenolic OH excluding ortho intramolecular Hbond substituents is 1. The zero-order valence-electron chi connectivity index (χ0n) is 28.4. The van der Waals surface area contributed by atoms with E-state index in [2.05, 4.69) is 42.6 Å². The molecule has 0 fully saturated rings. The molecule has 0 heterocycles. The number of amidine groups is 1. The average Bonchev–Trinajstić information content (AvgIpc) is 3.13. The van der Waals surface area contributed by atoms with Gasteiger partial charge in [0.15, 0.2) is 0 Å². The molecule has 0 aliphatic heterocycles. The van der Waals surface area contributed by atoms with E-state index in [0.717, 1.165) is 22.5 Å². The number of phenols is 1. The van der Waals surface area contributed by atoms with Crippen LogP contribution in [-0.4, -0.2) is 74.9 Å². The number of hydrogen-bond acceptors (Lipinski definition) is 8. The molecule has 0 radical (unpaired) electrons. The fourth-order valence-corrected chi connectivity index (χ4v) is 4.59. The molecule has 4 rings (SSSR count). The average molecular weight is 680 g/mol. The van der Waals surface area contributed by atoms with E-state index in [0.29, 0.717) is 69.0 Å². The summed E-state index contributed by atoms with van der Waals surface area (Å²) in [5.41, 5.74) is 4.91. The predicted octanol–water partition coefficient (Wildman–Crippen LogP) is 4.94. The number of nitrogens with one attached hydrogen (secondary N) is 5. The molecule has 12 nitrogen and oxygen atoms in total. The number of benzene rings is 4. The van der Waals surface area contributed by atoms with Crippen molar-refractivity contribution >= 4 is 35.0 Å². The minimum absolute atomic E-state index is 0.128. The Hall–Kier alpha value is -5.72. The number of carbonyl (C=O) groups excluding carboxylic acids is 2. The second-order valence-electron chi connectivity index (χ2n) is 11.2. The summed E-state index contributed by atoms with van der Waals surface area (Å²) < 4.78 is 11.1. The highest BCUT2D eigenvalue weighted by Gasteiger charge is 2.07. The van der Waals surface area contributed by atoms with Crippen LogP contribution >= 0.6 is 0 Å². The van der Waals surface area contributed by atoms with Crippen molar-refractivity contribution < 1.29 is 24.2 Å². The van der Waals surface area contributed by atoms with Crippen LogP contribution in [0.15, 0.2) is 113 Å². The first-order chi connectivity index (χ1) is 24.4. The summed E-state index contributed by atoms with van der Waals surface area (Å²) in [7, 11) is 0. The largest absolute Gasteiger partial charge is 0.508 e. The highest BCUT2D eigenvalue weighted by molar-refractivity contribution is 6.05. The Morgan fingerprint density at radius 2 is 1.40 bits per heavy atom. The highest BCUT2D eigenvalue weighted by atomic mass is 16.5. The summed E-state index contributed by atoms with van der Waals surface area (Å²) in [4.78, 5) is 33.8. The molecule has 0 spiro atoms. The number of guanidine groups is 1. The zero-order chi connectivity index (χ0) is 35.4. The van der Waals surface area contributed by atoms with Crippen molar-refractivity contribution in [2.75, 3.05) is 56.8 Å². The van der Waals surface area contributed by atoms with Crippen molar-refractivity contribution in [3.63, 3.8) is 0 Å². The van der Waals surface area contributed by atoms with Gasteiger partial charge in [-0.25, -0.2) is 4.99 Å². The Kier molecular flexibility index (Phi) is 15.3. The van der Waals surface area contributed by atoms with Gasteiger partial charge in [0.1, 0.15) is 12.4 Å². The summed E-state index contributed by atoms with van der Waals surface area (Å²) >= 11 is 0. The lowest BCUT2D eigenvalue weighted by Crippen LogP contribution is -2.35. The van der Waals surface area contributed by atoms with Gasteiger partial charge in [0.2, 0.25) is 5.96 Å². The normalized spacial score (nSPS) is 11.5. The summed E-state index contributed by atoms with van der Waals surface area (Å²) in [6, 6.07) is 30.9. The van der Waals surface area contributed by atoms with Crippen molar-refractivity contribution in [3.8, 4) is 5.75 Å². The molecule has 0 aliphatic carbocycles. The van der Waals surface area contributed by atoms with Gasteiger partial charge in [0.25, 0.3) is 11.8 Å². The van der Waals surface area contributed by atoms with Gasteiger partial charge >= 0.3 is 0 Å². The summed E-state index contributed by atoms with van der Waals surface area (Å²) in [5, 5.41) is 25.1. The lowest BCUT2D eigenvalue weighted by atomic mass is 10.1. The minimum atomic E-state index is -0.143. The number of hydrogen-bond donors (Lipinski definition) is 6. The second kappa shape index (κ2) is 20.6. The van der Waals surface area contributed by atoms with E-state index in [4.69, 9.17) is 9.47 Å². The molecule has 262 valence electrons. The lowest BCUT2D eigenvalue weighted by Gasteiger charge is -2.13. The van der Waals surface area contributed by atoms with Crippen molar-refractivity contribution in [2.45, 2.75) is 20.4 Å². The molecule has 0 aromatic heterocycles. The molecule has 0 atom stereocenters. The van der Waals surface area contributed by atoms with Crippen molar-refractivity contribution in [2.24, 2.45) is 9.98 Å². The number of aryl methyl sites for hydroxylation is 1. The van der Waals surface area contributed by atoms with Gasteiger partial charge in [-0.3, -0.25) is 14.6 Å². The molecular formula is C38H45N7O5. The van der Waals surface area contributed by atoms with E-state index in [1.165, 1.54) is 0 Å². The molecule has 4 aromatic carbocycles. The van der Waals surface area contributed by atoms with Crippen molar-refractivity contribution in [3.05, 3.63) is 125 Å². The third kappa shape index (κ3) is 13.8. The van der Waals surface area contributed by atoms with Gasteiger partial charge in [-0.05, 0) is 80.1 Å². The number of carbonyl (C=O) groups is 2. The van der Waals surface area contributed by atoms with Crippen LogP contribution in [0.1, 0.15) is 38.8 Å². The number of amides is 2. The predicted molar refractivity (Wildman–Crippen MR) is 198 cm³/mol. The van der Waals surface area contributed by atoms with Crippen LogP contribution in [0.3, 0.4) is 0 Å². The Morgan fingerprint density at radius 1 is 0.720 bits per heavy atom. The molecule has 6 N–H and O–H groups in total. The van der Waals surface area contributed by atoms with Crippen LogP contribution < -0.4 is 26.6 Å². The van der Waals surface area contributed by atoms with Crippen LogP contribution in [0.25, 0.3) is 0 Å². The van der Waals surface area contributed by atoms with Gasteiger partial charge in [0.05, 0.1) is 38.8 Å². The number of aliphatic imine (C=N–C) groups is 2. The van der Waals surface area contributed by atoms with E-state index in [-0.39, 0.29) is 24.2 Å². The van der Waals surface area contributed by atoms with Crippen LogP contribution in [0.5, 0.6) is 5.75 Å². The van der Waals surface area contributed by atoms with Crippen LogP contribution in [0.4, 0.5) is 11.4 Å². The topological polar surface area (TPSA) is 158 Å². The molecule has 0 saturated heterocycles. The SMILES string of the molecule is CC(=NCCOCCOCCNC(=O)c1ccccc1)N/C(=N\CNc1ccc(C(=O)NCc2cccc(C)c2)cc1)Nc1ccc(O)cc1. The summed E-state index contributed by atoms with van der Waals surface area (Å²) in [5.74, 6) is 0.970. The van der Waals surface area contributed by atoms with Crippen LogP contribution in [0, 0.1) is 6.92 Å². The monoisotopic (exact) mass is 679 g/mol. The van der Waals surface area contributed by atoms with E-state index in [1.54, 1.807) is 48.5 Å². The first-order valence-electron chi connectivity index (χ1n) is 16.4. The van der Waals surface area contributed by atoms with E-state index in [1.807, 2.05) is 62.4 Å². The third-order valence-corrected chi connectivity index (χ3v) is 7.16. The molecule has 12 heteroatoms. The fraction of sp³-hybridized carbons (Fsp3) is 0.263. The Bertz CT molecular complexity index is 1700. The van der Waals surface area contributed by atoms with Crippen molar-refractivity contribution in [1.29, 1.82) is 0 Å². The maximum Gasteiger partial charge on any atom is 0.251 e. The van der Waals surface area contributed by atoms with Gasteiger partial charge in [-0.1, -0.05) is 48.0 Å². The van der Waals surface area contributed by atoms with Gasteiger partial charge in [-0.15, -0.1) is 0 Å². The van der Waals surface area contributed by atoms with Crippen molar-refractivity contribution in [1.82, 2.24) is 16.0 Å². The van der Waals surface area contributed by atoms with Crippen LogP contribution in [0.2, 0.25) is 0 Å². The number of rotatable bonds is 17. The quantitative estimate of drug-likeness (QED) is 0.0397. The summed E-state index contributed by atoms with van der Waals surface area (Å²) in [6.45, 7) is 7.02. The number of nitrogens with zero attached hydrogens (tertiary/aromatic N) is 2. The lowest BCUT2D eigenvalue weighted by molar-refractivity contribution is 0.0512. The van der Waals surface area contributed by atoms with E-state index < -0.39 is 0 Å². The van der Waals surface area contributed by atoms with Crippen LogP contribution in [-0.2, 0) is 16.0 Å². The molecule has 50 heavy (non-hydrogen) atoms. The standard InChI is InChI=1S/C38H45N7O5/c1-28-7-6-8-30(25-28)26-41-37(48)32-11-13-33(14-12-32)42-27-43-38(45-34-15-17-35(46)18-16-34)44-29(2)39-19-21-49-23-24-50-22-20-40-36(47)31-9-4-3-5-10-31/h3-18,25,42,46H,19-24,26-27H2,1-2H3,(H,40,47)(H,41,48)(H2,39,43,44,45). The minimum Gasteiger partial charge on any atom is -0.508 e. The number of anilines is 2. The van der Waals surface area contributed by atoms with E-state index >= 15 is 0 Å². The van der Waals surface area contributed by atoms with Gasteiger partial charge in [0, 0.05) is 35.6 Å². The van der Waals surface area contributed by atoms with Gasteiger partial charge in [-0.2, -0.15) is 0 Å². The Labute approximate surface area is 293 Å². The highest BCUT2D eigenvalue weighted by Crippen LogP contribution is 2.14. The Balaban J connectivity index is 1.17. The second-order valence-corrected chi connectivity index (χ2v) is 11.2. The molecule has 0 bridgehead atoms. The first kappa shape index (κ1) is 37.1. The Morgan fingerprint density at radius 3 is 2.14 bits per heavy atom. The first-order valence-corrected chi connectivity index (χ1v) is 16.4. The summed E-state index contributed by atoms with van der Waals surface area (Å²) in [6.07, 6.45) is 0. The van der Waals surface area contributed by atoms with E-state index in [9.17, 15) is 14.7 Å². The zero-order valence-corrected chi connectivity index (χ0v) is 28.4. The maximum absolute atomic E-state index is 12.6.